The first-order valence-corrected chi connectivity index (χ1v) is 5.60. The summed E-state index contributed by atoms with van der Waals surface area (Å²) >= 11 is 0. The van der Waals surface area contributed by atoms with Crippen molar-refractivity contribution in [2.24, 2.45) is 5.73 Å². The van der Waals surface area contributed by atoms with Crippen LogP contribution in [0.25, 0.3) is 0 Å². The second-order valence-corrected chi connectivity index (χ2v) is 4.28. The van der Waals surface area contributed by atoms with Crippen molar-refractivity contribution in [1.29, 1.82) is 0 Å². The van der Waals surface area contributed by atoms with E-state index in [0.717, 1.165) is 0 Å². The van der Waals surface area contributed by atoms with E-state index in [1.54, 1.807) is 0 Å². The summed E-state index contributed by atoms with van der Waals surface area (Å²) < 4.78 is 80.0. The fraction of sp³-hybridized carbons (Fsp3) is 0.500. The van der Waals surface area contributed by atoms with Crippen molar-refractivity contribution < 1.29 is 31.1 Å². The lowest BCUT2D eigenvalue weighted by atomic mass is 10.1. The first-order chi connectivity index (χ1) is 9.16. The fourth-order valence-electron chi connectivity index (χ4n) is 1.42. The molecule has 1 atom stereocenters. The molecule has 0 bridgehead atoms. The molecule has 0 fully saturated rings. The van der Waals surface area contributed by atoms with Gasteiger partial charge in [0.05, 0.1) is 12.6 Å². The minimum Gasteiger partial charge on any atom is -0.373 e. The van der Waals surface area contributed by atoms with Crippen LogP contribution in [-0.4, -0.2) is 25.6 Å². The van der Waals surface area contributed by atoms with Crippen LogP contribution in [0, 0.1) is 18.6 Å². The topological polar surface area (TPSA) is 35.2 Å². The Balaban J connectivity index is 2.65. The average molecular weight is 301 g/mol. The van der Waals surface area contributed by atoms with Crippen LogP contribution in [0.2, 0.25) is 0 Å². The van der Waals surface area contributed by atoms with Gasteiger partial charge >= 0.3 is 12.3 Å². The molecule has 0 aliphatic heterocycles. The van der Waals surface area contributed by atoms with E-state index in [9.17, 15) is 26.3 Å². The standard InChI is InChI=1S/C12H13F6NO/c1-6-2-3-7(10(14)9(6)13)8(19)4-20-5-12(17,18)11(15)16/h2-3,8,11H,4-5,19H2,1H3. The molecule has 1 unspecified atom stereocenters. The molecule has 0 heterocycles. The Labute approximate surface area is 111 Å². The number of aryl methyl sites for hydroxylation is 1. The lowest BCUT2D eigenvalue weighted by Gasteiger charge is -2.18. The number of ether oxygens (including phenoxy) is 1. The minimum atomic E-state index is -4.31. The predicted molar refractivity (Wildman–Crippen MR) is 59.8 cm³/mol. The van der Waals surface area contributed by atoms with Gasteiger partial charge in [-0.2, -0.15) is 8.78 Å². The largest absolute Gasteiger partial charge is 0.373 e. The van der Waals surface area contributed by atoms with Crippen molar-refractivity contribution >= 4 is 0 Å². The second kappa shape index (κ2) is 6.45. The Morgan fingerprint density at radius 1 is 1.20 bits per heavy atom. The van der Waals surface area contributed by atoms with E-state index < -0.39 is 43.2 Å². The summed E-state index contributed by atoms with van der Waals surface area (Å²) in [7, 11) is 0. The van der Waals surface area contributed by atoms with Gasteiger partial charge in [0.2, 0.25) is 0 Å². The van der Waals surface area contributed by atoms with E-state index in [-0.39, 0.29) is 11.1 Å². The van der Waals surface area contributed by atoms with Crippen molar-refractivity contribution in [1.82, 2.24) is 0 Å². The molecule has 8 heteroatoms. The van der Waals surface area contributed by atoms with Crippen LogP contribution >= 0.6 is 0 Å². The average Bonchev–Trinajstić information content (AvgIpc) is 2.35. The molecule has 2 nitrogen and oxygen atoms in total. The number of nitrogens with two attached hydrogens (primary N) is 1. The molecular formula is C12H13F6NO. The first-order valence-electron chi connectivity index (χ1n) is 5.60. The van der Waals surface area contributed by atoms with Gasteiger partial charge in [-0.15, -0.1) is 0 Å². The molecule has 1 aromatic rings. The van der Waals surface area contributed by atoms with E-state index in [4.69, 9.17) is 5.73 Å². The van der Waals surface area contributed by atoms with Crippen LogP contribution < -0.4 is 5.73 Å². The first kappa shape index (κ1) is 16.8. The summed E-state index contributed by atoms with van der Waals surface area (Å²) in [6, 6.07) is 1.22. The molecule has 0 aliphatic rings. The highest BCUT2D eigenvalue weighted by Gasteiger charge is 2.41. The van der Waals surface area contributed by atoms with Gasteiger partial charge in [-0.1, -0.05) is 12.1 Å². The Morgan fingerprint density at radius 2 is 1.80 bits per heavy atom. The van der Waals surface area contributed by atoms with Crippen LogP contribution in [-0.2, 0) is 4.74 Å². The molecule has 0 saturated heterocycles. The number of rotatable bonds is 6. The Bertz CT molecular complexity index is 466. The Morgan fingerprint density at radius 3 is 2.35 bits per heavy atom. The maximum absolute atomic E-state index is 13.5. The number of halogens is 6. The molecule has 0 spiro atoms. The summed E-state index contributed by atoms with van der Waals surface area (Å²) in [5, 5.41) is 0. The molecule has 0 aliphatic carbocycles. The summed E-state index contributed by atoms with van der Waals surface area (Å²) in [6.45, 7) is -0.844. The summed E-state index contributed by atoms with van der Waals surface area (Å²) in [5.41, 5.74) is 5.25. The van der Waals surface area contributed by atoms with Gasteiger partial charge in [0, 0.05) is 5.56 Å². The van der Waals surface area contributed by atoms with Gasteiger partial charge < -0.3 is 10.5 Å². The monoisotopic (exact) mass is 301 g/mol. The quantitative estimate of drug-likeness (QED) is 0.819. The van der Waals surface area contributed by atoms with Gasteiger partial charge in [0.1, 0.15) is 6.61 Å². The van der Waals surface area contributed by atoms with E-state index in [1.165, 1.54) is 19.1 Å². The van der Waals surface area contributed by atoms with Crippen molar-refractivity contribution in [2.75, 3.05) is 13.2 Å². The lowest BCUT2D eigenvalue weighted by Crippen LogP contribution is -2.33. The Hall–Kier alpha value is -1.28. The zero-order valence-electron chi connectivity index (χ0n) is 10.5. The molecule has 0 radical (unpaired) electrons. The molecule has 114 valence electrons. The van der Waals surface area contributed by atoms with Gasteiger partial charge in [-0.3, -0.25) is 0 Å². The predicted octanol–water partition coefficient (Wildman–Crippen LogP) is 3.19. The Kier molecular flexibility index (Phi) is 5.41. The number of hydrogen-bond acceptors (Lipinski definition) is 2. The molecule has 0 saturated carbocycles. The molecule has 0 aromatic heterocycles. The van der Waals surface area contributed by atoms with E-state index >= 15 is 0 Å². The van der Waals surface area contributed by atoms with Crippen LogP contribution in [0.15, 0.2) is 12.1 Å². The second-order valence-electron chi connectivity index (χ2n) is 4.28. The molecular weight excluding hydrogens is 288 g/mol. The third kappa shape index (κ3) is 3.86. The summed E-state index contributed by atoms with van der Waals surface area (Å²) in [5.74, 6) is -6.62. The van der Waals surface area contributed by atoms with Crippen molar-refractivity contribution in [3.05, 3.63) is 34.9 Å². The zero-order chi connectivity index (χ0) is 15.5. The van der Waals surface area contributed by atoms with E-state index in [1.807, 2.05) is 0 Å². The maximum atomic E-state index is 13.5. The zero-order valence-corrected chi connectivity index (χ0v) is 10.5. The summed E-state index contributed by atoms with van der Waals surface area (Å²) in [4.78, 5) is 0. The van der Waals surface area contributed by atoms with E-state index in [2.05, 4.69) is 4.74 Å². The highest BCUT2D eigenvalue weighted by atomic mass is 19.3. The molecule has 2 N–H and O–H groups in total. The fourth-order valence-corrected chi connectivity index (χ4v) is 1.42. The van der Waals surface area contributed by atoms with Crippen LogP contribution in [0.4, 0.5) is 26.3 Å². The molecule has 1 rings (SSSR count). The van der Waals surface area contributed by atoms with Gasteiger partial charge in [-0.25, -0.2) is 17.6 Å². The number of alkyl halides is 4. The minimum absolute atomic E-state index is 0.0589. The van der Waals surface area contributed by atoms with Crippen molar-refractivity contribution in [3.8, 4) is 0 Å². The maximum Gasteiger partial charge on any atom is 0.330 e. The van der Waals surface area contributed by atoms with E-state index in [0.29, 0.717) is 0 Å². The van der Waals surface area contributed by atoms with Gasteiger partial charge in [-0.05, 0) is 12.5 Å². The third-order valence-corrected chi connectivity index (χ3v) is 2.62. The number of benzene rings is 1. The lowest BCUT2D eigenvalue weighted by molar-refractivity contribution is -0.166. The van der Waals surface area contributed by atoms with Crippen molar-refractivity contribution in [2.45, 2.75) is 25.3 Å². The highest BCUT2D eigenvalue weighted by molar-refractivity contribution is 5.27. The van der Waals surface area contributed by atoms with Crippen LogP contribution in [0.1, 0.15) is 17.2 Å². The van der Waals surface area contributed by atoms with Crippen molar-refractivity contribution in [3.63, 3.8) is 0 Å². The van der Waals surface area contributed by atoms with Gasteiger partial charge in [0.25, 0.3) is 0 Å². The van der Waals surface area contributed by atoms with Gasteiger partial charge in [0.15, 0.2) is 11.6 Å². The molecule has 0 amide bonds. The normalized spacial score (nSPS) is 13.8. The summed E-state index contributed by atoms with van der Waals surface area (Å²) in [6.07, 6.45) is -3.87. The smallest absolute Gasteiger partial charge is 0.330 e. The van der Waals surface area contributed by atoms with Crippen LogP contribution in [0.5, 0.6) is 0 Å². The molecule has 1 aromatic carbocycles. The highest BCUT2D eigenvalue weighted by Crippen LogP contribution is 2.24. The van der Waals surface area contributed by atoms with Crippen LogP contribution in [0.3, 0.4) is 0 Å². The SMILES string of the molecule is Cc1ccc(C(N)COCC(F)(F)C(F)F)c(F)c1F. The molecule has 20 heavy (non-hydrogen) atoms. The number of hydrogen-bond donors (Lipinski definition) is 1. The third-order valence-electron chi connectivity index (χ3n) is 2.62.